The van der Waals surface area contributed by atoms with Crippen molar-refractivity contribution < 1.29 is 18.0 Å². The van der Waals surface area contributed by atoms with Gasteiger partial charge >= 0.3 is 12.3 Å². The van der Waals surface area contributed by atoms with E-state index in [0.717, 1.165) is 10.2 Å². The first-order valence-electron chi connectivity index (χ1n) is 3.52. The highest BCUT2D eigenvalue weighted by Gasteiger charge is 2.31. The molecular weight excluding hydrogens is 201 g/mol. The van der Waals surface area contributed by atoms with E-state index in [1.54, 1.807) is 0 Å². The molecule has 0 fully saturated rings. The third kappa shape index (κ3) is 2.64. The number of carbonyl (C=O) groups is 1. The van der Waals surface area contributed by atoms with Gasteiger partial charge in [0, 0.05) is 13.1 Å². The Labute approximate surface area is 76.9 Å². The van der Waals surface area contributed by atoms with E-state index >= 15 is 0 Å². The number of carbonyl (C=O) groups excluding carboxylic acids is 1. The molecule has 1 aromatic rings. The predicted molar refractivity (Wildman–Crippen MR) is 41.6 cm³/mol. The first-order valence-corrected chi connectivity index (χ1v) is 3.52. The minimum absolute atomic E-state index is 0.173. The number of aromatic nitrogens is 2. The molecule has 0 aliphatic heterocycles. The zero-order chi connectivity index (χ0) is 10.8. The maximum absolute atomic E-state index is 11.7. The van der Waals surface area contributed by atoms with E-state index in [4.69, 9.17) is 0 Å². The maximum atomic E-state index is 11.7. The molecule has 0 aliphatic carbocycles. The molecule has 0 bridgehead atoms. The van der Waals surface area contributed by atoms with Crippen molar-refractivity contribution in [1.29, 1.82) is 0 Å². The molecule has 0 saturated carbocycles. The van der Waals surface area contributed by atoms with Gasteiger partial charge in [-0.15, -0.1) is 0 Å². The average molecular weight is 208 g/mol. The number of hydrogen-bond acceptors (Lipinski definition) is 2. The van der Waals surface area contributed by atoms with Gasteiger partial charge in [0.15, 0.2) is 0 Å². The zero-order valence-electron chi connectivity index (χ0n) is 7.09. The van der Waals surface area contributed by atoms with Gasteiger partial charge in [-0.1, -0.05) is 0 Å². The highest BCUT2D eigenvalue weighted by atomic mass is 19.4. The number of urea groups is 1. The van der Waals surface area contributed by atoms with Crippen LogP contribution in [-0.4, -0.2) is 29.6 Å². The highest BCUT2D eigenvalue weighted by molar-refractivity contribution is 5.90. The van der Waals surface area contributed by atoms with Crippen LogP contribution in [0.15, 0.2) is 12.3 Å². The second-order valence-corrected chi connectivity index (χ2v) is 2.43. The molecule has 0 radical (unpaired) electrons. The molecule has 78 valence electrons. The van der Waals surface area contributed by atoms with Crippen LogP contribution in [0.3, 0.4) is 0 Å². The van der Waals surface area contributed by atoms with Gasteiger partial charge in [-0.3, -0.25) is 10.00 Å². The summed E-state index contributed by atoms with van der Waals surface area (Å²) in [6.45, 7) is 0. The van der Waals surface area contributed by atoms with Crippen LogP contribution in [0.5, 0.6) is 0 Å². The second kappa shape index (κ2) is 3.56. The molecule has 0 spiro atoms. The van der Waals surface area contributed by atoms with E-state index in [-0.39, 0.29) is 5.82 Å². The molecule has 0 aromatic carbocycles. The minimum Gasteiger partial charge on any atom is -0.282 e. The third-order valence-corrected chi connectivity index (χ3v) is 1.40. The summed E-state index contributed by atoms with van der Waals surface area (Å²) in [4.78, 5) is 11.7. The average Bonchev–Trinajstić information content (AvgIpc) is 2.51. The summed E-state index contributed by atoms with van der Waals surface area (Å²) in [5.41, 5.74) is 0. The van der Waals surface area contributed by atoms with Crippen LogP contribution in [0.2, 0.25) is 0 Å². The molecule has 5 nitrogen and oxygen atoms in total. The number of nitrogens with one attached hydrogen (secondary N) is 2. The van der Waals surface area contributed by atoms with Crippen molar-refractivity contribution >= 4 is 11.8 Å². The first-order chi connectivity index (χ1) is 6.40. The van der Waals surface area contributed by atoms with Crippen molar-refractivity contribution in [3.05, 3.63) is 12.3 Å². The van der Waals surface area contributed by atoms with Crippen LogP contribution in [-0.2, 0) is 0 Å². The van der Waals surface area contributed by atoms with Crippen LogP contribution in [0.1, 0.15) is 0 Å². The Hall–Kier alpha value is -1.73. The Balaban J connectivity index is 2.63. The molecule has 8 heteroatoms. The van der Waals surface area contributed by atoms with E-state index in [0.29, 0.717) is 0 Å². The lowest BCUT2D eigenvalue weighted by atomic mass is 10.6. The molecule has 0 saturated heterocycles. The molecule has 2 amide bonds. The number of hydrogen-bond donors (Lipinski definition) is 2. The standard InChI is InChI=1S/C6H7F3N4O/c1-13(4-2-3-10-12-4)5(14)11-6(7,8)9/h2-3H,1H3,(H,10,12)(H,11,14). The number of rotatable bonds is 1. The van der Waals surface area contributed by atoms with Crippen molar-refractivity contribution in [2.24, 2.45) is 0 Å². The smallest absolute Gasteiger partial charge is 0.282 e. The van der Waals surface area contributed by atoms with Crippen LogP contribution < -0.4 is 10.2 Å². The Morgan fingerprint density at radius 1 is 1.64 bits per heavy atom. The van der Waals surface area contributed by atoms with Crippen molar-refractivity contribution in [2.75, 3.05) is 11.9 Å². The van der Waals surface area contributed by atoms with E-state index < -0.39 is 12.3 Å². The molecule has 0 unspecified atom stereocenters. The summed E-state index contributed by atoms with van der Waals surface area (Å²) in [5.74, 6) is 0.173. The fourth-order valence-electron chi connectivity index (χ4n) is 0.750. The number of H-pyrrole nitrogens is 1. The Morgan fingerprint density at radius 2 is 2.29 bits per heavy atom. The lowest BCUT2D eigenvalue weighted by molar-refractivity contribution is -0.145. The highest BCUT2D eigenvalue weighted by Crippen LogP contribution is 2.12. The van der Waals surface area contributed by atoms with Crippen molar-refractivity contribution in [3.63, 3.8) is 0 Å². The molecule has 2 N–H and O–H groups in total. The summed E-state index contributed by atoms with van der Waals surface area (Å²) >= 11 is 0. The summed E-state index contributed by atoms with van der Waals surface area (Å²) in [6.07, 6.45) is -3.40. The van der Waals surface area contributed by atoms with E-state index in [1.165, 1.54) is 19.3 Å². The third-order valence-electron chi connectivity index (χ3n) is 1.40. The van der Waals surface area contributed by atoms with Gasteiger partial charge in [0.1, 0.15) is 5.82 Å². The Bertz CT molecular complexity index is 307. The Morgan fingerprint density at radius 3 is 2.71 bits per heavy atom. The summed E-state index contributed by atoms with van der Waals surface area (Å²) in [7, 11) is 1.19. The van der Waals surface area contributed by atoms with Crippen LogP contribution in [0, 0.1) is 0 Å². The molecule has 1 rings (SSSR count). The van der Waals surface area contributed by atoms with E-state index in [1.807, 2.05) is 0 Å². The van der Waals surface area contributed by atoms with Crippen molar-refractivity contribution in [3.8, 4) is 0 Å². The van der Waals surface area contributed by atoms with Crippen LogP contribution in [0.4, 0.5) is 23.8 Å². The number of amides is 2. The molecular formula is C6H7F3N4O. The monoisotopic (exact) mass is 208 g/mol. The molecule has 1 heterocycles. The maximum Gasteiger partial charge on any atom is 0.485 e. The lowest BCUT2D eigenvalue weighted by Crippen LogP contribution is -2.45. The van der Waals surface area contributed by atoms with Crippen molar-refractivity contribution in [1.82, 2.24) is 15.5 Å². The second-order valence-electron chi connectivity index (χ2n) is 2.43. The number of nitrogens with zero attached hydrogens (tertiary/aromatic N) is 2. The van der Waals surface area contributed by atoms with Gasteiger partial charge in [0.05, 0.1) is 6.20 Å². The van der Waals surface area contributed by atoms with Crippen molar-refractivity contribution in [2.45, 2.75) is 6.30 Å². The normalized spacial score (nSPS) is 11.1. The minimum atomic E-state index is -4.73. The molecule has 14 heavy (non-hydrogen) atoms. The summed E-state index contributed by atoms with van der Waals surface area (Å²) in [6, 6.07) is 0.0948. The zero-order valence-corrected chi connectivity index (χ0v) is 7.09. The van der Waals surface area contributed by atoms with Gasteiger partial charge in [-0.2, -0.15) is 18.3 Å². The number of alkyl halides is 3. The number of halogens is 3. The molecule has 0 aliphatic rings. The number of anilines is 1. The van der Waals surface area contributed by atoms with Gasteiger partial charge in [0.25, 0.3) is 0 Å². The quantitative estimate of drug-likeness (QED) is 0.678. The van der Waals surface area contributed by atoms with Gasteiger partial charge in [-0.05, 0) is 0 Å². The predicted octanol–water partition coefficient (Wildman–Crippen LogP) is 1.08. The Kier molecular flexibility index (Phi) is 2.63. The first kappa shape index (κ1) is 10.4. The molecule has 1 aromatic heterocycles. The van der Waals surface area contributed by atoms with Crippen LogP contribution >= 0.6 is 0 Å². The van der Waals surface area contributed by atoms with Gasteiger partial charge in [-0.25, -0.2) is 10.1 Å². The summed E-state index contributed by atoms with van der Waals surface area (Å²) in [5, 5.41) is 6.69. The van der Waals surface area contributed by atoms with Gasteiger partial charge < -0.3 is 0 Å². The fourth-order valence-corrected chi connectivity index (χ4v) is 0.750. The molecule has 0 atom stereocenters. The lowest BCUT2D eigenvalue weighted by Gasteiger charge is -2.16. The van der Waals surface area contributed by atoms with E-state index in [9.17, 15) is 18.0 Å². The summed E-state index contributed by atoms with van der Waals surface area (Å²) < 4.78 is 35.2. The van der Waals surface area contributed by atoms with Gasteiger partial charge in [0.2, 0.25) is 0 Å². The SMILES string of the molecule is CN(C(=O)NC(F)(F)F)c1ccn[nH]1. The van der Waals surface area contributed by atoms with Crippen LogP contribution in [0.25, 0.3) is 0 Å². The van der Waals surface area contributed by atoms with E-state index in [2.05, 4.69) is 10.2 Å². The number of aromatic amines is 1. The largest absolute Gasteiger partial charge is 0.485 e. The fraction of sp³-hybridized carbons (Fsp3) is 0.333. The topological polar surface area (TPSA) is 61.0 Å².